The summed E-state index contributed by atoms with van der Waals surface area (Å²) in [6.07, 6.45) is 4.05. The predicted octanol–water partition coefficient (Wildman–Crippen LogP) is 1.08. The Labute approximate surface area is 90.5 Å². The van der Waals surface area contributed by atoms with Crippen molar-refractivity contribution in [2.45, 2.75) is 31.7 Å². The molecular formula is C8H10N6O2. The average Bonchev–Trinajstić information content (AvgIpc) is 2.73. The lowest BCUT2D eigenvalue weighted by atomic mass is 9.93. The first kappa shape index (κ1) is 9.25. The molecule has 0 saturated heterocycles. The van der Waals surface area contributed by atoms with Gasteiger partial charge in [0.1, 0.15) is 6.04 Å². The van der Waals surface area contributed by atoms with Crippen LogP contribution in [0, 0.1) is 10.1 Å². The highest BCUT2D eigenvalue weighted by molar-refractivity contribution is 5.90. The van der Waals surface area contributed by atoms with Gasteiger partial charge in [-0.25, -0.2) is 5.43 Å². The molecule has 84 valence electrons. The third-order valence-electron chi connectivity index (χ3n) is 2.92. The van der Waals surface area contributed by atoms with Crippen LogP contribution in [0.4, 0.5) is 11.9 Å². The molecule has 1 aromatic heterocycles. The van der Waals surface area contributed by atoms with E-state index in [2.05, 4.69) is 20.6 Å². The fourth-order valence-corrected chi connectivity index (χ4v) is 2.18. The number of aromatic nitrogens is 3. The molecule has 16 heavy (non-hydrogen) atoms. The first-order valence-electron chi connectivity index (χ1n) is 5.19. The third kappa shape index (κ3) is 1.26. The summed E-state index contributed by atoms with van der Waals surface area (Å²) in [4.78, 5) is 13.8. The summed E-state index contributed by atoms with van der Waals surface area (Å²) in [5.74, 6) is -0.00752. The number of hydrogen-bond acceptors (Lipinski definition) is 6. The highest BCUT2D eigenvalue weighted by Crippen LogP contribution is 2.31. The van der Waals surface area contributed by atoms with Crippen molar-refractivity contribution in [3.63, 3.8) is 0 Å². The van der Waals surface area contributed by atoms with Crippen LogP contribution >= 0.6 is 0 Å². The average molecular weight is 222 g/mol. The lowest BCUT2D eigenvalue weighted by Gasteiger charge is -2.25. The van der Waals surface area contributed by atoms with Crippen LogP contribution in [0.15, 0.2) is 5.10 Å². The zero-order chi connectivity index (χ0) is 11.1. The predicted molar refractivity (Wildman–Crippen MR) is 55.2 cm³/mol. The monoisotopic (exact) mass is 222 g/mol. The van der Waals surface area contributed by atoms with Gasteiger partial charge in [0.05, 0.1) is 5.71 Å². The largest absolute Gasteiger partial charge is 0.493 e. The quantitative estimate of drug-likeness (QED) is 0.566. The van der Waals surface area contributed by atoms with Crippen LogP contribution in [0.3, 0.4) is 0 Å². The number of anilines is 1. The van der Waals surface area contributed by atoms with Crippen LogP contribution in [-0.2, 0) is 0 Å². The number of rotatable bonds is 1. The molecule has 8 heteroatoms. The topological polar surface area (TPSA) is 98.2 Å². The Hall–Kier alpha value is -1.99. The highest BCUT2D eigenvalue weighted by atomic mass is 16.6. The Morgan fingerprint density at radius 2 is 2.38 bits per heavy atom. The van der Waals surface area contributed by atoms with Gasteiger partial charge >= 0.3 is 11.9 Å². The summed E-state index contributed by atoms with van der Waals surface area (Å²) in [5.41, 5.74) is 3.72. The summed E-state index contributed by atoms with van der Waals surface area (Å²) in [6, 6.07) is 0.0474. The third-order valence-corrected chi connectivity index (χ3v) is 2.92. The minimum Gasteiger partial charge on any atom is -0.390 e. The number of nitrogens with one attached hydrogen (secondary N) is 1. The van der Waals surface area contributed by atoms with Crippen LogP contribution in [0.5, 0.6) is 0 Å². The molecule has 0 bridgehead atoms. The number of hydrogen-bond donors (Lipinski definition) is 1. The Kier molecular flexibility index (Phi) is 1.88. The second-order valence-electron chi connectivity index (χ2n) is 3.91. The van der Waals surface area contributed by atoms with Crippen molar-refractivity contribution in [2.75, 3.05) is 5.43 Å². The van der Waals surface area contributed by atoms with E-state index in [1.54, 1.807) is 4.68 Å². The Balaban J connectivity index is 2.01. The van der Waals surface area contributed by atoms with Gasteiger partial charge < -0.3 is 10.1 Å². The normalized spacial score (nSPS) is 22.8. The molecule has 0 radical (unpaired) electrons. The minimum absolute atomic E-state index is 0.0474. The van der Waals surface area contributed by atoms with Gasteiger partial charge in [-0.15, -0.1) is 4.68 Å². The van der Waals surface area contributed by atoms with Gasteiger partial charge in [-0.1, -0.05) is 6.42 Å². The van der Waals surface area contributed by atoms with E-state index in [0.29, 0.717) is 5.95 Å². The zero-order valence-corrected chi connectivity index (χ0v) is 8.46. The second-order valence-corrected chi connectivity index (χ2v) is 3.91. The van der Waals surface area contributed by atoms with Crippen molar-refractivity contribution in [3.05, 3.63) is 10.1 Å². The molecule has 1 saturated carbocycles. The Morgan fingerprint density at radius 1 is 1.50 bits per heavy atom. The molecule has 3 rings (SSSR count). The van der Waals surface area contributed by atoms with Gasteiger partial charge in [0.25, 0.3) is 0 Å². The summed E-state index contributed by atoms with van der Waals surface area (Å²) >= 11 is 0. The summed E-state index contributed by atoms with van der Waals surface area (Å²) < 4.78 is 1.58. The van der Waals surface area contributed by atoms with Gasteiger partial charge in [0.15, 0.2) is 0 Å². The maximum absolute atomic E-state index is 10.6. The lowest BCUT2D eigenvalue weighted by molar-refractivity contribution is -0.394. The van der Waals surface area contributed by atoms with E-state index in [4.69, 9.17) is 0 Å². The SMILES string of the molecule is O=[N+]([O-])c1nc2n(n1)C1CCCCC1=NN2. The van der Waals surface area contributed by atoms with Crippen molar-refractivity contribution in [1.82, 2.24) is 14.8 Å². The summed E-state index contributed by atoms with van der Waals surface area (Å²) in [7, 11) is 0. The summed E-state index contributed by atoms with van der Waals surface area (Å²) in [5, 5.41) is 18.7. The van der Waals surface area contributed by atoms with E-state index in [0.717, 1.165) is 31.4 Å². The van der Waals surface area contributed by atoms with Crippen molar-refractivity contribution >= 4 is 17.6 Å². The minimum atomic E-state index is -0.588. The molecule has 1 fully saturated rings. The van der Waals surface area contributed by atoms with Crippen molar-refractivity contribution < 1.29 is 4.92 Å². The first-order chi connectivity index (χ1) is 7.75. The van der Waals surface area contributed by atoms with E-state index in [9.17, 15) is 10.1 Å². The van der Waals surface area contributed by atoms with E-state index in [1.807, 2.05) is 0 Å². The first-order valence-corrected chi connectivity index (χ1v) is 5.19. The lowest BCUT2D eigenvalue weighted by Crippen LogP contribution is -2.29. The second kappa shape index (κ2) is 3.26. The van der Waals surface area contributed by atoms with Gasteiger partial charge in [-0.3, -0.25) is 0 Å². The fourth-order valence-electron chi connectivity index (χ4n) is 2.18. The maximum atomic E-state index is 10.6. The molecule has 1 atom stereocenters. The molecule has 1 aliphatic carbocycles. The molecule has 0 aromatic carbocycles. The van der Waals surface area contributed by atoms with Crippen LogP contribution in [0.2, 0.25) is 0 Å². The van der Waals surface area contributed by atoms with E-state index in [1.165, 1.54) is 0 Å². The van der Waals surface area contributed by atoms with E-state index in [-0.39, 0.29) is 12.0 Å². The van der Waals surface area contributed by atoms with Crippen molar-refractivity contribution in [3.8, 4) is 0 Å². The van der Waals surface area contributed by atoms with Gasteiger partial charge in [0, 0.05) is 5.10 Å². The molecule has 1 aromatic rings. The maximum Gasteiger partial charge on any atom is 0.493 e. The standard InChI is InChI=1S/C8H10N6O2/c15-14(16)8-9-7-11-10-5-3-1-2-4-6(5)13(7)12-8/h6H,1-4H2,(H,9,11,12). The van der Waals surface area contributed by atoms with Crippen LogP contribution in [0.1, 0.15) is 31.7 Å². The molecule has 0 amide bonds. The van der Waals surface area contributed by atoms with Crippen LogP contribution < -0.4 is 5.43 Å². The van der Waals surface area contributed by atoms with Crippen LogP contribution in [0.25, 0.3) is 0 Å². The van der Waals surface area contributed by atoms with E-state index < -0.39 is 4.92 Å². The van der Waals surface area contributed by atoms with Gasteiger partial charge in [-0.05, 0) is 29.2 Å². The Morgan fingerprint density at radius 3 is 3.19 bits per heavy atom. The summed E-state index contributed by atoms with van der Waals surface area (Å²) in [6.45, 7) is 0. The zero-order valence-electron chi connectivity index (χ0n) is 8.46. The molecule has 1 N–H and O–H groups in total. The molecule has 0 spiro atoms. The molecule has 1 unspecified atom stereocenters. The van der Waals surface area contributed by atoms with Crippen molar-refractivity contribution in [1.29, 1.82) is 0 Å². The highest BCUT2D eigenvalue weighted by Gasteiger charge is 2.34. The number of nitrogens with zero attached hydrogens (tertiary/aromatic N) is 5. The van der Waals surface area contributed by atoms with Crippen molar-refractivity contribution in [2.24, 2.45) is 5.10 Å². The fraction of sp³-hybridized carbons (Fsp3) is 0.625. The molecule has 2 aliphatic rings. The molecule has 2 heterocycles. The van der Waals surface area contributed by atoms with Crippen LogP contribution in [-0.4, -0.2) is 25.4 Å². The Bertz CT molecular complexity index is 479. The van der Waals surface area contributed by atoms with Gasteiger partial charge in [-0.2, -0.15) is 5.10 Å². The molecular weight excluding hydrogens is 212 g/mol. The smallest absolute Gasteiger partial charge is 0.390 e. The number of hydrazone groups is 1. The number of nitro groups is 1. The van der Waals surface area contributed by atoms with E-state index >= 15 is 0 Å². The number of fused-ring (bicyclic) bond motifs is 3. The molecule has 1 aliphatic heterocycles. The van der Waals surface area contributed by atoms with Gasteiger partial charge in [0.2, 0.25) is 0 Å². The molecule has 8 nitrogen and oxygen atoms in total.